The van der Waals surface area contributed by atoms with Crippen molar-refractivity contribution in [3.8, 4) is 0 Å². The van der Waals surface area contributed by atoms with Crippen LogP contribution in [-0.2, 0) is 14.3 Å². The molecule has 4 nitrogen and oxygen atoms in total. The maximum atomic E-state index is 11.2. The van der Waals surface area contributed by atoms with Gasteiger partial charge < -0.3 is 0 Å². The van der Waals surface area contributed by atoms with E-state index < -0.39 is 16.2 Å². The maximum absolute atomic E-state index is 11.2. The lowest BCUT2D eigenvalue weighted by Crippen LogP contribution is -2.12. The van der Waals surface area contributed by atoms with Crippen LogP contribution in [0, 0.1) is 5.92 Å². The molecule has 0 aromatic carbocycles. The van der Waals surface area contributed by atoms with Crippen LogP contribution in [0.4, 0.5) is 0 Å². The topological polar surface area (TPSA) is 56.3 Å². The van der Waals surface area contributed by atoms with Gasteiger partial charge in [-0.25, -0.2) is 0 Å². The zero-order valence-electron chi connectivity index (χ0n) is 9.47. The summed E-state index contributed by atoms with van der Waals surface area (Å²) in [6.07, 6.45) is 5.31. The van der Waals surface area contributed by atoms with Crippen LogP contribution in [0.2, 0.25) is 0 Å². The Labute approximate surface area is 110 Å². The second-order valence-corrected chi connectivity index (χ2v) is 6.89. The minimum absolute atomic E-state index is 0.453. The lowest BCUT2D eigenvalue weighted by atomic mass is 10.1. The van der Waals surface area contributed by atoms with Crippen molar-refractivity contribution in [1.29, 1.82) is 0 Å². The van der Waals surface area contributed by atoms with Gasteiger partial charge in [-0.05, 0) is 40.4 Å². The molecule has 1 aromatic heterocycles. The van der Waals surface area contributed by atoms with E-state index in [0.717, 1.165) is 30.0 Å². The fraction of sp³-hybridized carbons (Fsp3) is 0.545. The van der Waals surface area contributed by atoms with Crippen molar-refractivity contribution in [3.05, 3.63) is 28.5 Å². The molecule has 0 amide bonds. The Kier molecular flexibility index (Phi) is 3.85. The molecule has 17 heavy (non-hydrogen) atoms. The van der Waals surface area contributed by atoms with Crippen LogP contribution in [0.25, 0.3) is 0 Å². The smallest absolute Gasteiger partial charge is 0.260 e. The molecule has 0 bridgehead atoms. The Hall–Kier alpha value is -0.460. The fourth-order valence-electron chi connectivity index (χ4n) is 1.65. The average molecular weight is 320 g/mol. The van der Waals surface area contributed by atoms with Crippen molar-refractivity contribution < 1.29 is 12.6 Å². The predicted octanol–water partition coefficient (Wildman–Crippen LogP) is 2.66. The van der Waals surface area contributed by atoms with E-state index in [4.69, 9.17) is 4.18 Å². The van der Waals surface area contributed by atoms with Crippen molar-refractivity contribution in [1.82, 2.24) is 4.98 Å². The molecule has 0 aliphatic heterocycles. The normalized spacial score (nSPS) is 18.0. The summed E-state index contributed by atoms with van der Waals surface area (Å²) >= 11 is 3.30. The number of aromatic nitrogens is 1. The van der Waals surface area contributed by atoms with Crippen LogP contribution in [0.5, 0.6) is 0 Å². The highest BCUT2D eigenvalue weighted by Crippen LogP contribution is 2.39. The molecule has 0 N–H and O–H groups in total. The van der Waals surface area contributed by atoms with Gasteiger partial charge in [-0.1, -0.05) is 12.8 Å². The van der Waals surface area contributed by atoms with Gasteiger partial charge in [0.2, 0.25) is 0 Å². The number of hydrogen-bond acceptors (Lipinski definition) is 4. The number of rotatable bonds is 5. The van der Waals surface area contributed by atoms with Crippen LogP contribution >= 0.6 is 15.9 Å². The van der Waals surface area contributed by atoms with Gasteiger partial charge >= 0.3 is 0 Å². The maximum Gasteiger partial charge on any atom is 0.265 e. The van der Waals surface area contributed by atoms with Gasteiger partial charge in [-0.2, -0.15) is 8.42 Å². The molecule has 0 radical (unpaired) electrons. The Balaban J connectivity index is 2.16. The summed E-state index contributed by atoms with van der Waals surface area (Å²) in [6, 6.07) is 3.64. The highest BCUT2D eigenvalue weighted by Gasteiger charge is 2.29. The van der Waals surface area contributed by atoms with Crippen molar-refractivity contribution >= 4 is 26.0 Å². The predicted molar refractivity (Wildman–Crippen MR) is 67.9 cm³/mol. The van der Waals surface area contributed by atoms with Crippen LogP contribution < -0.4 is 0 Å². The molecule has 1 unspecified atom stereocenters. The summed E-state index contributed by atoms with van der Waals surface area (Å²) in [6.45, 7) is 0. The quantitative estimate of drug-likeness (QED) is 0.783. The number of halogens is 1. The highest BCUT2D eigenvalue weighted by molar-refractivity contribution is 9.10. The molecule has 1 atom stereocenters. The molecule has 1 heterocycles. The molecule has 94 valence electrons. The first-order valence-electron chi connectivity index (χ1n) is 5.44. The highest BCUT2D eigenvalue weighted by atomic mass is 79.9. The average Bonchev–Trinajstić information content (AvgIpc) is 3.00. The summed E-state index contributed by atoms with van der Waals surface area (Å²) in [5, 5.41) is 0. The molecule has 6 heteroatoms. The molecule has 1 aromatic rings. The molecule has 2 rings (SSSR count). The molecular formula is C11H14BrNO3S. The van der Waals surface area contributed by atoms with Gasteiger partial charge in [0.15, 0.2) is 0 Å². The van der Waals surface area contributed by atoms with E-state index >= 15 is 0 Å². The third-order valence-corrected chi connectivity index (χ3v) is 3.67. The molecular weight excluding hydrogens is 306 g/mol. The first-order chi connectivity index (χ1) is 7.94. The lowest BCUT2D eigenvalue weighted by Gasteiger charge is -2.15. The molecule has 0 spiro atoms. The first-order valence-corrected chi connectivity index (χ1v) is 8.05. The number of nitrogens with zero attached hydrogens (tertiary/aromatic N) is 1. The van der Waals surface area contributed by atoms with Gasteiger partial charge in [-0.15, -0.1) is 0 Å². The third kappa shape index (κ3) is 4.37. The zero-order chi connectivity index (χ0) is 12.5. The molecule has 0 saturated heterocycles. The number of pyridine rings is 1. The summed E-state index contributed by atoms with van der Waals surface area (Å²) in [5.41, 5.74) is 0.672. The fourth-order valence-corrected chi connectivity index (χ4v) is 2.49. The van der Waals surface area contributed by atoms with Gasteiger partial charge in [0.05, 0.1) is 11.9 Å². The van der Waals surface area contributed by atoms with Gasteiger partial charge in [0.1, 0.15) is 6.10 Å². The van der Waals surface area contributed by atoms with E-state index in [0.29, 0.717) is 11.6 Å². The molecule has 1 saturated carbocycles. The van der Waals surface area contributed by atoms with E-state index in [9.17, 15) is 8.42 Å². The zero-order valence-corrected chi connectivity index (χ0v) is 11.9. The third-order valence-electron chi connectivity index (χ3n) is 2.62. The van der Waals surface area contributed by atoms with Crippen molar-refractivity contribution in [2.24, 2.45) is 5.92 Å². The van der Waals surface area contributed by atoms with E-state index in [2.05, 4.69) is 20.9 Å². The standard InChI is InChI=1S/C11H14BrNO3S/c1-17(14,15)16-11(6-8-2-3-8)10-5-4-9(12)7-13-10/h4-5,7-8,11H,2-3,6H2,1H3. The Morgan fingerprint density at radius 2 is 2.24 bits per heavy atom. The van der Waals surface area contributed by atoms with E-state index in [1.165, 1.54) is 0 Å². The monoisotopic (exact) mass is 319 g/mol. The molecule has 1 aliphatic carbocycles. The van der Waals surface area contributed by atoms with Gasteiger partial charge in [-0.3, -0.25) is 9.17 Å². The minimum atomic E-state index is -3.45. The first kappa shape index (κ1) is 13.0. The SMILES string of the molecule is CS(=O)(=O)OC(CC1CC1)c1ccc(Br)cn1. The Morgan fingerprint density at radius 1 is 1.53 bits per heavy atom. The summed E-state index contributed by atoms with van der Waals surface area (Å²) in [5.74, 6) is 0.576. The van der Waals surface area contributed by atoms with Crippen molar-refractivity contribution in [2.45, 2.75) is 25.4 Å². The van der Waals surface area contributed by atoms with Crippen molar-refractivity contribution in [3.63, 3.8) is 0 Å². The minimum Gasteiger partial charge on any atom is -0.260 e. The van der Waals surface area contributed by atoms with E-state index in [1.54, 1.807) is 12.3 Å². The van der Waals surface area contributed by atoms with Crippen LogP contribution in [-0.4, -0.2) is 19.7 Å². The van der Waals surface area contributed by atoms with Crippen LogP contribution in [0.15, 0.2) is 22.8 Å². The van der Waals surface area contributed by atoms with Crippen LogP contribution in [0.3, 0.4) is 0 Å². The Bertz CT molecular complexity index is 482. The number of hydrogen-bond donors (Lipinski definition) is 0. The van der Waals surface area contributed by atoms with E-state index in [1.807, 2.05) is 6.07 Å². The summed E-state index contributed by atoms with van der Waals surface area (Å²) in [4.78, 5) is 4.21. The molecule has 1 fully saturated rings. The Morgan fingerprint density at radius 3 is 2.71 bits per heavy atom. The lowest BCUT2D eigenvalue weighted by molar-refractivity contribution is 0.192. The summed E-state index contributed by atoms with van der Waals surface area (Å²) in [7, 11) is -3.45. The summed E-state index contributed by atoms with van der Waals surface area (Å²) < 4.78 is 28.4. The second kappa shape index (κ2) is 5.04. The molecule has 1 aliphatic rings. The second-order valence-electron chi connectivity index (χ2n) is 4.37. The van der Waals surface area contributed by atoms with Crippen molar-refractivity contribution in [2.75, 3.05) is 6.26 Å². The largest absolute Gasteiger partial charge is 0.265 e. The van der Waals surface area contributed by atoms with Gasteiger partial charge in [0, 0.05) is 10.7 Å². The van der Waals surface area contributed by atoms with Crippen LogP contribution in [0.1, 0.15) is 31.1 Å². The van der Waals surface area contributed by atoms with E-state index in [-0.39, 0.29) is 0 Å². The van der Waals surface area contributed by atoms with Gasteiger partial charge in [0.25, 0.3) is 10.1 Å².